The Hall–Kier alpha value is -3.34. The van der Waals surface area contributed by atoms with E-state index in [-0.39, 0.29) is 17.5 Å². The maximum absolute atomic E-state index is 14.2. The van der Waals surface area contributed by atoms with Crippen molar-refractivity contribution in [2.24, 2.45) is 11.7 Å². The van der Waals surface area contributed by atoms with Gasteiger partial charge in [0.2, 0.25) is 11.8 Å². The fourth-order valence-corrected chi connectivity index (χ4v) is 4.70. The van der Waals surface area contributed by atoms with Gasteiger partial charge in [0.15, 0.2) is 5.75 Å². The molecule has 0 spiro atoms. The van der Waals surface area contributed by atoms with Gasteiger partial charge in [0.1, 0.15) is 11.6 Å². The molecule has 2 unspecified atom stereocenters. The topological polar surface area (TPSA) is 106 Å². The molecule has 0 saturated carbocycles. The van der Waals surface area contributed by atoms with Crippen LogP contribution in [0.1, 0.15) is 37.1 Å². The van der Waals surface area contributed by atoms with E-state index in [2.05, 4.69) is 25.0 Å². The summed E-state index contributed by atoms with van der Waals surface area (Å²) in [5.41, 5.74) is 6.53. The van der Waals surface area contributed by atoms with E-state index in [1.54, 1.807) is 12.4 Å². The minimum Gasteiger partial charge on any atom is -0.490 e. The number of hydrogen-bond donors (Lipinski definition) is 1. The lowest BCUT2D eigenvalue weighted by Gasteiger charge is -2.30. The van der Waals surface area contributed by atoms with Crippen LogP contribution in [0.2, 0.25) is 0 Å². The van der Waals surface area contributed by atoms with E-state index in [9.17, 15) is 8.78 Å². The van der Waals surface area contributed by atoms with E-state index < -0.39 is 11.6 Å². The number of benzene rings is 1. The van der Waals surface area contributed by atoms with Gasteiger partial charge in [-0.2, -0.15) is 4.98 Å². The summed E-state index contributed by atoms with van der Waals surface area (Å²) in [5.74, 6) is 1.56. The molecule has 0 radical (unpaired) electrons. The highest BCUT2D eigenvalue weighted by atomic mass is 19.1. The van der Waals surface area contributed by atoms with Crippen LogP contribution < -0.4 is 20.3 Å². The predicted octanol–water partition coefficient (Wildman–Crippen LogP) is 2.93. The van der Waals surface area contributed by atoms with E-state index in [1.807, 2.05) is 11.8 Å². The minimum atomic E-state index is -0.476. The van der Waals surface area contributed by atoms with Gasteiger partial charge < -0.3 is 24.8 Å². The van der Waals surface area contributed by atoms with Crippen LogP contribution in [-0.4, -0.2) is 58.9 Å². The molecule has 0 amide bonds. The highest BCUT2D eigenvalue weighted by molar-refractivity contribution is 5.39. The van der Waals surface area contributed by atoms with Crippen LogP contribution >= 0.6 is 0 Å². The highest BCUT2D eigenvalue weighted by Gasteiger charge is 2.34. The van der Waals surface area contributed by atoms with Gasteiger partial charge in [-0.05, 0) is 47.7 Å². The lowest BCUT2D eigenvalue weighted by molar-refractivity contribution is 0.221. The number of ether oxygens (including phenoxy) is 1. The van der Waals surface area contributed by atoms with E-state index in [4.69, 9.17) is 15.0 Å². The molecule has 2 N–H and O–H groups in total. The Morgan fingerprint density at radius 3 is 2.57 bits per heavy atom. The zero-order valence-corrected chi connectivity index (χ0v) is 19.6. The third-order valence-electron chi connectivity index (χ3n) is 6.76. The summed E-state index contributed by atoms with van der Waals surface area (Å²) in [5, 5.41) is 4.05. The summed E-state index contributed by atoms with van der Waals surface area (Å²) in [6, 6.07) is 3.12. The maximum Gasteiger partial charge on any atom is 0.266 e. The Labute approximate surface area is 202 Å². The van der Waals surface area contributed by atoms with Crippen LogP contribution in [0, 0.1) is 17.6 Å². The third kappa shape index (κ3) is 5.19. The van der Waals surface area contributed by atoms with Crippen molar-refractivity contribution in [2.45, 2.75) is 38.1 Å². The van der Waals surface area contributed by atoms with Crippen molar-refractivity contribution < 1.29 is 18.0 Å². The van der Waals surface area contributed by atoms with Crippen LogP contribution in [-0.2, 0) is 6.42 Å². The first-order valence-electron chi connectivity index (χ1n) is 12.0. The second-order valence-corrected chi connectivity index (χ2v) is 9.14. The molecule has 11 heteroatoms. The van der Waals surface area contributed by atoms with Crippen molar-refractivity contribution in [3.05, 3.63) is 53.7 Å². The number of halogens is 2. The average molecular weight is 486 g/mol. The number of aryl methyl sites for hydroxylation is 1. The first-order valence-corrected chi connectivity index (χ1v) is 12.0. The van der Waals surface area contributed by atoms with Crippen molar-refractivity contribution in [1.29, 1.82) is 0 Å². The minimum absolute atomic E-state index is 0.288. The van der Waals surface area contributed by atoms with Gasteiger partial charge in [0.25, 0.3) is 5.95 Å². The number of anilines is 2. The van der Waals surface area contributed by atoms with Crippen molar-refractivity contribution in [3.8, 4) is 5.75 Å². The summed E-state index contributed by atoms with van der Waals surface area (Å²) in [4.78, 5) is 17.3. The Kier molecular flexibility index (Phi) is 6.76. The number of rotatable bonds is 7. The monoisotopic (exact) mass is 485 g/mol. The number of aromatic nitrogens is 4. The SMILES string of the molecule is CCc1nc(N2CCC(COc3cnc(N4CC(N)C(c5cc(F)ccc5F)C4)nc3)CC2)no1. The fourth-order valence-electron chi connectivity index (χ4n) is 4.70. The number of hydrogen-bond acceptors (Lipinski definition) is 9. The third-order valence-corrected chi connectivity index (χ3v) is 6.76. The van der Waals surface area contributed by atoms with Gasteiger partial charge in [-0.3, -0.25) is 0 Å². The summed E-state index contributed by atoms with van der Waals surface area (Å²) in [7, 11) is 0. The Balaban J connectivity index is 1.12. The molecular weight excluding hydrogens is 456 g/mol. The smallest absolute Gasteiger partial charge is 0.266 e. The average Bonchev–Trinajstić information content (AvgIpc) is 3.52. The zero-order chi connectivity index (χ0) is 24.4. The van der Waals surface area contributed by atoms with Crippen LogP contribution in [0.3, 0.4) is 0 Å². The molecule has 186 valence electrons. The molecule has 2 aliphatic rings. The number of nitrogens with two attached hydrogens (primary N) is 1. The van der Waals surface area contributed by atoms with Crippen molar-refractivity contribution in [1.82, 2.24) is 20.1 Å². The lowest BCUT2D eigenvalue weighted by Crippen LogP contribution is -2.36. The van der Waals surface area contributed by atoms with Crippen LogP contribution in [0.15, 0.2) is 35.1 Å². The summed E-state index contributed by atoms with van der Waals surface area (Å²) in [6.45, 7) is 5.16. The number of nitrogens with zero attached hydrogens (tertiary/aromatic N) is 6. The van der Waals surface area contributed by atoms with Crippen LogP contribution in [0.4, 0.5) is 20.7 Å². The summed E-state index contributed by atoms with van der Waals surface area (Å²) in [6.07, 6.45) is 5.96. The van der Waals surface area contributed by atoms with E-state index in [0.29, 0.717) is 49.2 Å². The molecule has 2 aromatic heterocycles. The Morgan fingerprint density at radius 2 is 1.86 bits per heavy atom. The predicted molar refractivity (Wildman–Crippen MR) is 125 cm³/mol. The maximum atomic E-state index is 14.2. The molecule has 9 nitrogen and oxygen atoms in total. The van der Waals surface area contributed by atoms with Gasteiger partial charge >= 0.3 is 0 Å². The summed E-state index contributed by atoms with van der Waals surface area (Å²) < 4.78 is 39.0. The van der Waals surface area contributed by atoms with Crippen LogP contribution in [0.5, 0.6) is 5.75 Å². The molecule has 2 fully saturated rings. The molecule has 2 aliphatic heterocycles. The normalized spacial score (nSPS) is 21.0. The zero-order valence-electron chi connectivity index (χ0n) is 19.6. The van der Waals surface area contributed by atoms with Crippen molar-refractivity contribution >= 4 is 11.9 Å². The van der Waals surface area contributed by atoms with Crippen molar-refractivity contribution in [3.63, 3.8) is 0 Å². The molecular formula is C24H29F2N7O2. The van der Waals surface area contributed by atoms with E-state index in [0.717, 1.165) is 44.5 Å². The molecule has 0 aliphatic carbocycles. The molecule has 3 aromatic rings. The molecule has 35 heavy (non-hydrogen) atoms. The standard InChI is InChI=1S/C24H29F2N7O2/c1-2-22-30-24(31-35-22)32-7-5-15(6-8-32)14-34-17-10-28-23(29-11-17)33-12-19(21(27)13-33)18-9-16(25)3-4-20(18)26/h3-4,9-11,15,19,21H,2,5-8,12-14,27H2,1H3. The van der Waals surface area contributed by atoms with Gasteiger partial charge in [0.05, 0.1) is 19.0 Å². The van der Waals surface area contributed by atoms with E-state index in [1.165, 1.54) is 6.07 Å². The number of piperidine rings is 1. The van der Waals surface area contributed by atoms with Crippen molar-refractivity contribution in [2.75, 3.05) is 42.6 Å². The second kappa shape index (κ2) is 10.1. The van der Waals surface area contributed by atoms with Gasteiger partial charge in [-0.25, -0.2) is 18.7 Å². The molecule has 5 rings (SSSR count). The second-order valence-electron chi connectivity index (χ2n) is 9.14. The van der Waals surface area contributed by atoms with Gasteiger partial charge in [0, 0.05) is 44.6 Å². The largest absolute Gasteiger partial charge is 0.490 e. The molecule has 2 saturated heterocycles. The quantitative estimate of drug-likeness (QED) is 0.541. The lowest BCUT2D eigenvalue weighted by atomic mass is 9.94. The fraction of sp³-hybridized carbons (Fsp3) is 0.500. The summed E-state index contributed by atoms with van der Waals surface area (Å²) >= 11 is 0. The first-order chi connectivity index (χ1) is 17.0. The molecule has 4 heterocycles. The molecule has 0 bridgehead atoms. The molecule has 2 atom stereocenters. The van der Waals surface area contributed by atoms with Gasteiger partial charge in [-0.1, -0.05) is 6.92 Å². The Bertz CT molecular complexity index is 1140. The first kappa shape index (κ1) is 23.4. The Morgan fingerprint density at radius 1 is 1.09 bits per heavy atom. The highest BCUT2D eigenvalue weighted by Crippen LogP contribution is 2.31. The van der Waals surface area contributed by atoms with E-state index >= 15 is 0 Å². The van der Waals surface area contributed by atoms with Gasteiger partial charge in [-0.15, -0.1) is 0 Å². The molecule has 1 aromatic carbocycles. The van der Waals surface area contributed by atoms with Crippen LogP contribution in [0.25, 0.3) is 0 Å².